The number of aromatic nitrogens is 4. The monoisotopic (exact) mass is 346 g/mol. The molecule has 3 aromatic rings. The van der Waals surface area contributed by atoms with Crippen LogP contribution in [0.4, 0.5) is 0 Å². The molecular weight excluding hydrogens is 328 g/mol. The van der Waals surface area contributed by atoms with Gasteiger partial charge in [0, 0.05) is 29.3 Å². The quantitative estimate of drug-likeness (QED) is 0.758. The summed E-state index contributed by atoms with van der Waals surface area (Å²) in [6, 6.07) is 10.2. The number of aromatic amines is 1. The lowest BCUT2D eigenvalue weighted by Crippen LogP contribution is -2.21. The highest BCUT2D eigenvalue weighted by atomic mass is 16.5. The average molecular weight is 346 g/mol. The first-order valence-corrected chi connectivity index (χ1v) is 8.39. The molecule has 0 bridgehead atoms. The smallest absolute Gasteiger partial charge is 0.244 e. The maximum atomic E-state index is 9.65. The van der Waals surface area contributed by atoms with E-state index in [1.807, 2.05) is 48.9 Å². The maximum absolute atomic E-state index is 9.65. The van der Waals surface area contributed by atoms with Crippen molar-refractivity contribution in [3.63, 3.8) is 0 Å². The van der Waals surface area contributed by atoms with E-state index in [1.165, 1.54) is 0 Å². The molecule has 0 amide bonds. The molecule has 0 spiro atoms. The lowest BCUT2D eigenvalue weighted by molar-refractivity contribution is 0.378. The number of nitrogens with one attached hydrogen (secondary N) is 1. The molecule has 3 heterocycles. The van der Waals surface area contributed by atoms with Gasteiger partial charge < -0.3 is 15.0 Å². The summed E-state index contributed by atoms with van der Waals surface area (Å²) in [5.74, 6) is 1.16. The lowest BCUT2D eigenvalue weighted by atomic mass is 9.83. The first-order chi connectivity index (χ1) is 12.6. The third kappa shape index (κ3) is 2.35. The molecule has 1 atom stereocenters. The van der Waals surface area contributed by atoms with Crippen molar-refractivity contribution >= 4 is 0 Å². The van der Waals surface area contributed by atoms with Crippen molar-refractivity contribution < 1.29 is 4.74 Å². The van der Waals surface area contributed by atoms with Crippen LogP contribution < -0.4 is 10.5 Å². The third-order valence-electron chi connectivity index (χ3n) is 4.70. The zero-order valence-corrected chi connectivity index (χ0v) is 14.5. The minimum Gasteiger partial charge on any atom is -0.420 e. The summed E-state index contributed by atoms with van der Waals surface area (Å²) in [7, 11) is 0. The molecule has 1 aliphatic heterocycles. The van der Waals surface area contributed by atoms with Gasteiger partial charge in [-0.2, -0.15) is 5.26 Å². The van der Waals surface area contributed by atoms with Gasteiger partial charge in [0.1, 0.15) is 17.5 Å². The van der Waals surface area contributed by atoms with Crippen LogP contribution in [0.5, 0.6) is 5.88 Å². The fourth-order valence-electron chi connectivity index (χ4n) is 3.39. The largest absolute Gasteiger partial charge is 0.420 e. The molecule has 1 unspecified atom stereocenters. The van der Waals surface area contributed by atoms with E-state index in [2.05, 4.69) is 21.3 Å². The summed E-state index contributed by atoms with van der Waals surface area (Å²) >= 11 is 0. The van der Waals surface area contributed by atoms with Crippen LogP contribution in [-0.4, -0.2) is 19.7 Å². The zero-order valence-electron chi connectivity index (χ0n) is 14.5. The van der Waals surface area contributed by atoms with Crippen molar-refractivity contribution in [2.24, 2.45) is 5.73 Å². The molecule has 0 aliphatic carbocycles. The molecule has 7 nitrogen and oxygen atoms in total. The number of allylic oxidation sites excluding steroid dienone is 1. The number of rotatable bonds is 3. The highest BCUT2D eigenvalue weighted by Gasteiger charge is 2.34. The Labute approximate surface area is 150 Å². The minimum absolute atomic E-state index is 0.105. The molecule has 130 valence electrons. The predicted molar refractivity (Wildman–Crippen MR) is 95.6 cm³/mol. The first-order valence-electron chi connectivity index (χ1n) is 8.39. The molecule has 0 radical (unpaired) electrons. The van der Waals surface area contributed by atoms with Gasteiger partial charge in [0.15, 0.2) is 0 Å². The summed E-state index contributed by atoms with van der Waals surface area (Å²) in [4.78, 5) is 4.25. The Balaban J connectivity index is 1.82. The van der Waals surface area contributed by atoms with Crippen molar-refractivity contribution in [3.8, 4) is 17.6 Å². The van der Waals surface area contributed by atoms with Gasteiger partial charge in [-0.15, -0.1) is 5.10 Å². The molecular formula is C19H18N6O. The van der Waals surface area contributed by atoms with E-state index in [1.54, 1.807) is 6.20 Å². The molecule has 1 aliphatic rings. The van der Waals surface area contributed by atoms with Crippen LogP contribution >= 0.6 is 0 Å². The summed E-state index contributed by atoms with van der Waals surface area (Å²) in [5.41, 5.74) is 10.2. The SMILES string of the molecule is CCc1[nH]nc2c1C(c1ccc(-n3ccnc3C)cc1)C(C#N)=C(N)O2. The third-order valence-corrected chi connectivity index (χ3v) is 4.70. The molecule has 7 heteroatoms. The van der Waals surface area contributed by atoms with E-state index < -0.39 is 0 Å². The van der Waals surface area contributed by atoms with Gasteiger partial charge in [-0.1, -0.05) is 19.1 Å². The van der Waals surface area contributed by atoms with Crippen LogP contribution in [0.3, 0.4) is 0 Å². The Bertz CT molecular complexity index is 1030. The molecule has 4 rings (SSSR count). The number of nitrogens with zero attached hydrogens (tertiary/aromatic N) is 4. The van der Waals surface area contributed by atoms with Gasteiger partial charge in [-0.3, -0.25) is 5.10 Å². The van der Waals surface area contributed by atoms with Crippen molar-refractivity contribution in [2.75, 3.05) is 0 Å². The van der Waals surface area contributed by atoms with Crippen LogP contribution in [-0.2, 0) is 6.42 Å². The number of H-pyrrole nitrogens is 1. The van der Waals surface area contributed by atoms with E-state index in [9.17, 15) is 5.26 Å². The Hall–Kier alpha value is -3.53. The van der Waals surface area contributed by atoms with Crippen LogP contribution in [0, 0.1) is 18.3 Å². The van der Waals surface area contributed by atoms with Crippen molar-refractivity contribution in [3.05, 3.63) is 70.8 Å². The second kappa shape index (κ2) is 6.08. The maximum Gasteiger partial charge on any atom is 0.244 e. The van der Waals surface area contributed by atoms with E-state index in [0.29, 0.717) is 11.5 Å². The van der Waals surface area contributed by atoms with Crippen LogP contribution in [0.25, 0.3) is 5.69 Å². The predicted octanol–water partition coefficient (Wildman–Crippen LogP) is 2.68. The van der Waals surface area contributed by atoms with Gasteiger partial charge in [0.05, 0.1) is 5.92 Å². The van der Waals surface area contributed by atoms with E-state index in [0.717, 1.165) is 34.8 Å². The summed E-state index contributed by atoms with van der Waals surface area (Å²) in [6.45, 7) is 3.98. The number of hydrogen-bond donors (Lipinski definition) is 2. The number of fused-ring (bicyclic) bond motifs is 1. The van der Waals surface area contributed by atoms with E-state index >= 15 is 0 Å². The lowest BCUT2D eigenvalue weighted by Gasteiger charge is -2.24. The molecule has 26 heavy (non-hydrogen) atoms. The van der Waals surface area contributed by atoms with E-state index in [4.69, 9.17) is 10.5 Å². The van der Waals surface area contributed by atoms with E-state index in [-0.39, 0.29) is 11.8 Å². The normalized spacial score (nSPS) is 16.1. The van der Waals surface area contributed by atoms with Gasteiger partial charge in [-0.25, -0.2) is 4.98 Å². The van der Waals surface area contributed by atoms with Gasteiger partial charge in [0.25, 0.3) is 0 Å². The number of hydrogen-bond acceptors (Lipinski definition) is 5. The fraction of sp³-hybridized carbons (Fsp3) is 0.211. The summed E-state index contributed by atoms with van der Waals surface area (Å²) in [6.07, 6.45) is 4.44. The molecule has 0 saturated heterocycles. The Morgan fingerprint density at radius 2 is 2.12 bits per heavy atom. The first kappa shape index (κ1) is 16.0. The second-order valence-corrected chi connectivity index (χ2v) is 6.14. The number of imidazole rings is 1. The average Bonchev–Trinajstić information content (AvgIpc) is 3.26. The van der Waals surface area contributed by atoms with Crippen LogP contribution in [0.15, 0.2) is 48.1 Å². The topological polar surface area (TPSA) is 106 Å². The molecule has 0 fully saturated rings. The number of benzene rings is 1. The van der Waals surface area contributed by atoms with Crippen molar-refractivity contribution in [1.29, 1.82) is 5.26 Å². The summed E-state index contributed by atoms with van der Waals surface area (Å²) in [5, 5.41) is 16.9. The standard InChI is InChI=1S/C19H18N6O/c1-3-15-17-16(14(10-20)18(21)26-19(17)24-23-15)12-4-6-13(7-5-12)25-9-8-22-11(25)2/h4-9,16H,3,21H2,1-2H3,(H,23,24). The Morgan fingerprint density at radius 3 is 2.73 bits per heavy atom. The Kier molecular flexibility index (Phi) is 3.73. The number of aryl methyl sites for hydroxylation is 2. The van der Waals surface area contributed by atoms with Crippen molar-refractivity contribution in [1.82, 2.24) is 19.7 Å². The second-order valence-electron chi connectivity index (χ2n) is 6.14. The molecule has 0 saturated carbocycles. The van der Waals surface area contributed by atoms with Gasteiger partial charge >= 0.3 is 0 Å². The molecule has 2 aromatic heterocycles. The fourth-order valence-corrected chi connectivity index (χ4v) is 3.39. The number of nitriles is 1. The summed E-state index contributed by atoms with van der Waals surface area (Å²) < 4.78 is 7.55. The molecule has 3 N–H and O–H groups in total. The minimum atomic E-state index is -0.296. The van der Waals surface area contributed by atoms with Gasteiger partial charge in [0.2, 0.25) is 11.8 Å². The number of nitrogens with two attached hydrogens (primary N) is 1. The molecule has 1 aromatic carbocycles. The highest BCUT2D eigenvalue weighted by Crippen LogP contribution is 2.42. The zero-order chi connectivity index (χ0) is 18.3. The Morgan fingerprint density at radius 1 is 1.35 bits per heavy atom. The highest BCUT2D eigenvalue weighted by molar-refractivity contribution is 5.56. The van der Waals surface area contributed by atoms with Gasteiger partial charge in [-0.05, 0) is 31.0 Å². The van der Waals surface area contributed by atoms with Crippen LogP contribution in [0.2, 0.25) is 0 Å². The van der Waals surface area contributed by atoms with Crippen LogP contribution in [0.1, 0.15) is 35.5 Å². The number of ether oxygens (including phenoxy) is 1. The van der Waals surface area contributed by atoms with Crippen molar-refractivity contribution in [2.45, 2.75) is 26.2 Å².